The van der Waals surface area contributed by atoms with Crippen LogP contribution in [0.25, 0.3) is 6.08 Å². The van der Waals surface area contributed by atoms with E-state index in [1.54, 1.807) is 16.2 Å². The summed E-state index contributed by atoms with van der Waals surface area (Å²) in [6.45, 7) is 7.09. The molecule has 56 heavy (non-hydrogen) atoms. The highest BCUT2D eigenvalue weighted by Crippen LogP contribution is 2.29. The summed E-state index contributed by atoms with van der Waals surface area (Å²) in [7, 11) is 0. The SMILES string of the molecule is O=C([C@H](Cc1ccsc1)N(Cc1ccc(N2CCN(c3ccccc3)CC2)cc1)C(=O)/C=C/c1ccc(C(F)(F)F)cc1)N1CCN(Cc2ccccc2)CC1. The van der Waals surface area contributed by atoms with E-state index in [1.807, 2.05) is 58.1 Å². The van der Waals surface area contributed by atoms with Gasteiger partial charge in [0, 0.05) is 89.3 Å². The molecule has 0 bridgehead atoms. The van der Waals surface area contributed by atoms with Gasteiger partial charge in [0.2, 0.25) is 11.8 Å². The summed E-state index contributed by atoms with van der Waals surface area (Å²) in [5.41, 5.74) is 5.09. The van der Waals surface area contributed by atoms with Crippen LogP contribution in [0, 0.1) is 0 Å². The van der Waals surface area contributed by atoms with Gasteiger partial charge in [0.25, 0.3) is 0 Å². The van der Waals surface area contributed by atoms with Crippen LogP contribution in [0.4, 0.5) is 24.5 Å². The summed E-state index contributed by atoms with van der Waals surface area (Å²) in [5.74, 6) is -0.498. The third-order valence-corrected chi connectivity index (χ3v) is 11.3. The lowest BCUT2D eigenvalue weighted by Gasteiger charge is -2.39. The summed E-state index contributed by atoms with van der Waals surface area (Å²) in [6.07, 6.45) is -1.23. The van der Waals surface area contributed by atoms with Gasteiger partial charge in [0.05, 0.1) is 5.56 Å². The average molecular weight is 778 g/mol. The minimum absolute atomic E-state index is 0.111. The van der Waals surface area contributed by atoms with E-state index >= 15 is 0 Å². The molecule has 1 aromatic heterocycles. The topological polar surface area (TPSA) is 50.3 Å². The van der Waals surface area contributed by atoms with Crippen molar-refractivity contribution in [2.45, 2.75) is 31.7 Å². The lowest BCUT2D eigenvalue weighted by atomic mass is 10.0. The molecule has 290 valence electrons. The van der Waals surface area contributed by atoms with E-state index in [-0.39, 0.29) is 18.4 Å². The second kappa shape index (κ2) is 18.0. The molecule has 1 atom stereocenters. The Morgan fingerprint density at radius 3 is 1.88 bits per heavy atom. The Hall–Kier alpha value is -5.39. The molecule has 0 aliphatic carbocycles. The largest absolute Gasteiger partial charge is 0.416 e. The molecule has 2 aliphatic rings. The van der Waals surface area contributed by atoms with Crippen LogP contribution in [0.5, 0.6) is 0 Å². The zero-order valence-corrected chi connectivity index (χ0v) is 32.0. The molecule has 11 heteroatoms. The van der Waals surface area contributed by atoms with Crippen molar-refractivity contribution in [3.63, 3.8) is 0 Å². The zero-order valence-electron chi connectivity index (χ0n) is 31.2. The Balaban J connectivity index is 1.10. The first-order valence-corrected chi connectivity index (χ1v) is 20.0. The minimum Gasteiger partial charge on any atom is -0.368 e. The van der Waals surface area contributed by atoms with Crippen LogP contribution in [-0.2, 0) is 35.3 Å². The molecule has 0 N–H and O–H groups in total. The fourth-order valence-electron chi connectivity index (χ4n) is 7.40. The highest BCUT2D eigenvalue weighted by Gasteiger charge is 2.34. The number of anilines is 2. The fraction of sp³-hybridized carbons (Fsp3) is 0.289. The van der Waals surface area contributed by atoms with Crippen LogP contribution in [0.1, 0.15) is 27.8 Å². The Labute approximate surface area is 330 Å². The van der Waals surface area contributed by atoms with Crippen LogP contribution in [0.15, 0.2) is 132 Å². The number of nitrogens with zero attached hydrogens (tertiary/aromatic N) is 5. The number of halogens is 3. The molecule has 2 aliphatic heterocycles. The Kier molecular flexibility index (Phi) is 12.5. The van der Waals surface area contributed by atoms with Crippen molar-refractivity contribution in [2.24, 2.45) is 0 Å². The maximum absolute atomic E-state index is 14.6. The molecule has 0 unspecified atom stereocenters. The Morgan fingerprint density at radius 1 is 0.679 bits per heavy atom. The van der Waals surface area contributed by atoms with Crippen molar-refractivity contribution in [3.8, 4) is 0 Å². The van der Waals surface area contributed by atoms with Crippen LogP contribution in [0.3, 0.4) is 0 Å². The number of thiophene rings is 1. The van der Waals surface area contributed by atoms with E-state index in [9.17, 15) is 22.8 Å². The number of hydrogen-bond donors (Lipinski definition) is 0. The number of piperazine rings is 2. The number of amides is 2. The lowest BCUT2D eigenvalue weighted by Crippen LogP contribution is -2.56. The second-order valence-electron chi connectivity index (χ2n) is 14.3. The number of rotatable bonds is 12. The summed E-state index contributed by atoms with van der Waals surface area (Å²) < 4.78 is 39.7. The smallest absolute Gasteiger partial charge is 0.368 e. The van der Waals surface area contributed by atoms with Crippen molar-refractivity contribution in [1.29, 1.82) is 0 Å². The number of para-hydroxylation sites is 1. The summed E-state index contributed by atoms with van der Waals surface area (Å²) in [6, 6.07) is 34.8. The van der Waals surface area contributed by atoms with Gasteiger partial charge in [-0.05, 0) is 81.6 Å². The van der Waals surface area contributed by atoms with Crippen LogP contribution in [-0.4, -0.2) is 84.9 Å². The van der Waals surface area contributed by atoms with Gasteiger partial charge in [-0.3, -0.25) is 14.5 Å². The van der Waals surface area contributed by atoms with Gasteiger partial charge in [-0.15, -0.1) is 0 Å². The summed E-state index contributed by atoms with van der Waals surface area (Å²) >= 11 is 1.54. The molecule has 3 heterocycles. The highest BCUT2D eigenvalue weighted by atomic mass is 32.1. The Bertz CT molecular complexity index is 2030. The lowest BCUT2D eigenvalue weighted by molar-refractivity contribution is -0.145. The van der Waals surface area contributed by atoms with Crippen molar-refractivity contribution in [1.82, 2.24) is 14.7 Å². The van der Waals surface area contributed by atoms with Crippen LogP contribution in [0.2, 0.25) is 0 Å². The van der Waals surface area contributed by atoms with E-state index in [1.165, 1.54) is 35.5 Å². The minimum atomic E-state index is -4.46. The molecule has 2 saturated heterocycles. The molecule has 0 saturated carbocycles. The molecule has 0 spiro atoms. The molecule has 2 fully saturated rings. The van der Waals surface area contributed by atoms with Gasteiger partial charge >= 0.3 is 6.18 Å². The van der Waals surface area contributed by atoms with Crippen molar-refractivity contribution >= 4 is 40.6 Å². The summed E-state index contributed by atoms with van der Waals surface area (Å²) in [5, 5.41) is 3.97. The highest BCUT2D eigenvalue weighted by molar-refractivity contribution is 7.07. The number of carbonyl (C=O) groups is 2. The number of benzene rings is 4. The van der Waals surface area contributed by atoms with Crippen molar-refractivity contribution in [2.75, 3.05) is 62.2 Å². The van der Waals surface area contributed by atoms with Gasteiger partial charge in [-0.2, -0.15) is 24.5 Å². The molecule has 7 nitrogen and oxygen atoms in total. The van der Waals surface area contributed by atoms with Gasteiger partial charge < -0.3 is 19.6 Å². The van der Waals surface area contributed by atoms with Gasteiger partial charge in [0.1, 0.15) is 6.04 Å². The molecular weight excluding hydrogens is 732 g/mol. The van der Waals surface area contributed by atoms with Crippen LogP contribution >= 0.6 is 11.3 Å². The standard InChI is InChI=1S/C45H46F3N5O2S/c46-45(47,48)39-16-11-35(12-17-39)15-20-43(54)53(33-37-13-18-41(19-14-37)51-28-26-50(27-29-51)40-9-5-2-6-10-40)42(31-38-21-30-56-34-38)44(55)52-24-22-49(23-25-52)32-36-7-3-1-4-8-36/h1-21,30,34,42H,22-29,31-33H2/b20-15+/t42-/m0/s1. The van der Waals surface area contributed by atoms with E-state index < -0.39 is 17.8 Å². The van der Waals surface area contributed by atoms with Crippen LogP contribution < -0.4 is 9.80 Å². The molecular formula is C45H46F3N5O2S. The molecule has 4 aromatic carbocycles. The zero-order chi connectivity index (χ0) is 38.9. The molecule has 2 amide bonds. The normalized spacial score (nSPS) is 15.9. The third kappa shape index (κ3) is 10.1. The average Bonchev–Trinajstić information content (AvgIpc) is 3.76. The first kappa shape index (κ1) is 38.9. The Morgan fingerprint density at radius 2 is 1.29 bits per heavy atom. The first-order chi connectivity index (χ1) is 27.2. The summed E-state index contributed by atoms with van der Waals surface area (Å²) in [4.78, 5) is 39.5. The molecule has 0 radical (unpaired) electrons. The molecule has 5 aromatic rings. The number of carbonyl (C=O) groups excluding carboxylic acids is 2. The van der Waals surface area contributed by atoms with Gasteiger partial charge in [-0.25, -0.2) is 0 Å². The molecule has 7 rings (SSSR count). The maximum Gasteiger partial charge on any atom is 0.416 e. The maximum atomic E-state index is 14.6. The monoisotopic (exact) mass is 777 g/mol. The van der Waals surface area contributed by atoms with E-state index in [4.69, 9.17) is 0 Å². The first-order valence-electron chi connectivity index (χ1n) is 19.1. The predicted octanol–water partition coefficient (Wildman–Crippen LogP) is 8.09. The second-order valence-corrected chi connectivity index (χ2v) is 15.1. The third-order valence-electron chi connectivity index (χ3n) is 10.6. The quantitative estimate of drug-likeness (QED) is 0.120. The van der Waals surface area contributed by atoms with Crippen molar-refractivity contribution in [3.05, 3.63) is 160 Å². The van der Waals surface area contributed by atoms with Gasteiger partial charge in [-0.1, -0.05) is 72.8 Å². The van der Waals surface area contributed by atoms with Gasteiger partial charge in [0.15, 0.2) is 0 Å². The van der Waals surface area contributed by atoms with E-state index in [0.717, 1.165) is 61.7 Å². The number of hydrogen-bond acceptors (Lipinski definition) is 6. The van der Waals surface area contributed by atoms with E-state index in [0.29, 0.717) is 38.2 Å². The number of alkyl halides is 3. The fourth-order valence-corrected chi connectivity index (χ4v) is 8.08. The predicted molar refractivity (Wildman–Crippen MR) is 218 cm³/mol. The van der Waals surface area contributed by atoms with E-state index in [2.05, 4.69) is 63.2 Å². The van der Waals surface area contributed by atoms with Crippen molar-refractivity contribution < 1.29 is 22.8 Å².